The van der Waals surface area contributed by atoms with Crippen LogP contribution in [0.15, 0.2) is 23.0 Å². The summed E-state index contributed by atoms with van der Waals surface area (Å²) in [6.45, 7) is 8.61. The van der Waals surface area contributed by atoms with Crippen LogP contribution in [0.4, 0.5) is 13.6 Å². The van der Waals surface area contributed by atoms with E-state index >= 15 is 0 Å². The van der Waals surface area contributed by atoms with Crippen LogP contribution in [0.2, 0.25) is 0 Å². The second-order valence-electron chi connectivity index (χ2n) is 19.1. The van der Waals surface area contributed by atoms with Gasteiger partial charge in [0.25, 0.3) is 11.5 Å². The SMILES string of the molecule is CC1CCN(C(=O)C(NC(=O)OC2CC3CC3C2CCCCCc2nc3ccc(C#N)cc3[nH]c2=O)C(C)(C)C)C1C(=O)NC1(C(=O)NS(=O)(=O)C2(C)CC2)CC1C(F)F. The van der Waals surface area contributed by atoms with Crippen molar-refractivity contribution in [3.05, 3.63) is 39.8 Å². The topological polar surface area (TPSA) is 221 Å². The van der Waals surface area contributed by atoms with E-state index in [4.69, 9.17) is 10.00 Å². The van der Waals surface area contributed by atoms with Crippen molar-refractivity contribution in [3.8, 4) is 6.07 Å². The number of hydrogen-bond donors (Lipinski definition) is 4. The first-order valence-corrected chi connectivity index (χ1v) is 22.5. The molecule has 0 radical (unpaired) electrons. The molecule has 326 valence electrons. The molecule has 9 atom stereocenters. The molecule has 1 saturated heterocycles. The first-order chi connectivity index (χ1) is 28.2. The van der Waals surface area contributed by atoms with Gasteiger partial charge in [-0.1, -0.05) is 40.5 Å². The largest absolute Gasteiger partial charge is 0.446 e. The third kappa shape index (κ3) is 8.60. The number of aryl methyl sites for hydroxylation is 1. The summed E-state index contributed by atoms with van der Waals surface area (Å²) in [5, 5.41) is 14.4. The van der Waals surface area contributed by atoms with Crippen LogP contribution in [0, 0.1) is 46.3 Å². The van der Waals surface area contributed by atoms with Gasteiger partial charge in [-0.25, -0.2) is 27.0 Å². The van der Waals surface area contributed by atoms with Crippen molar-refractivity contribution in [1.82, 2.24) is 30.2 Å². The molecular weight excluding hydrogens is 801 g/mol. The van der Waals surface area contributed by atoms with Crippen LogP contribution < -0.4 is 20.9 Å². The molecule has 4 N–H and O–H groups in total. The van der Waals surface area contributed by atoms with Gasteiger partial charge in [0, 0.05) is 6.54 Å². The van der Waals surface area contributed by atoms with Gasteiger partial charge in [-0.2, -0.15) is 5.26 Å². The van der Waals surface area contributed by atoms with Gasteiger partial charge in [-0.15, -0.1) is 0 Å². The van der Waals surface area contributed by atoms with Gasteiger partial charge in [0.1, 0.15) is 29.4 Å². The van der Waals surface area contributed by atoms with E-state index in [0.29, 0.717) is 59.8 Å². The van der Waals surface area contributed by atoms with Crippen LogP contribution in [0.25, 0.3) is 11.0 Å². The number of benzene rings is 1. The van der Waals surface area contributed by atoms with Crippen molar-refractivity contribution in [2.24, 2.45) is 35.0 Å². The zero-order valence-corrected chi connectivity index (χ0v) is 35.5. The molecule has 5 aliphatic rings. The smallest absolute Gasteiger partial charge is 0.408 e. The number of carbonyl (C=O) groups is 4. The van der Waals surface area contributed by atoms with E-state index in [1.165, 1.54) is 11.8 Å². The first-order valence-electron chi connectivity index (χ1n) is 21.1. The lowest BCUT2D eigenvalue weighted by molar-refractivity contribution is -0.143. The molecular formula is C42H55F2N7O8S. The number of nitrogens with zero attached hydrogens (tertiary/aromatic N) is 3. The zero-order valence-electron chi connectivity index (χ0n) is 34.7. The number of amides is 4. The molecule has 0 bridgehead atoms. The number of unbranched alkanes of at least 4 members (excludes halogenated alkanes) is 2. The average molecular weight is 856 g/mol. The van der Waals surface area contributed by atoms with Crippen LogP contribution in [-0.4, -0.2) is 88.5 Å². The minimum Gasteiger partial charge on any atom is -0.446 e. The second kappa shape index (κ2) is 16.0. The average Bonchev–Trinajstić information content (AvgIpc) is 4.13. The Bertz CT molecular complexity index is 2270. The molecule has 4 amide bonds. The van der Waals surface area contributed by atoms with Gasteiger partial charge < -0.3 is 25.3 Å². The number of alkyl carbamates (subject to hydrolysis) is 1. The molecule has 4 aliphatic carbocycles. The van der Waals surface area contributed by atoms with Crippen LogP contribution in [0.1, 0.15) is 110 Å². The molecule has 5 fully saturated rings. The number of nitriles is 1. The monoisotopic (exact) mass is 855 g/mol. The highest BCUT2D eigenvalue weighted by Gasteiger charge is 2.67. The summed E-state index contributed by atoms with van der Waals surface area (Å²) in [6, 6.07) is 4.74. The standard InChI is InChI=1S/C42H55F2N7O8S/c1-22-13-16-51(32(22)36(53)49-42(20-27(42)34(43)44)38(55)50-60(57,58)41(5)14-15-41)37(54)33(40(2,3)4)48-39(56)59-31-19-24-18-26(24)25(31)9-7-6-8-10-29-35(52)47-30-17-23(21-45)11-12-28(30)46-29/h11-12,17,22,24-27,31-34H,6-10,13-16,18-20H2,1-5H3,(H,47,52)(H,48,56)(H,49,53)(H,50,55). The number of rotatable bonds is 15. The number of hydrogen-bond acceptors (Lipinski definition) is 10. The summed E-state index contributed by atoms with van der Waals surface area (Å²) in [5.41, 5.74) is -1.24. The molecule has 60 heavy (non-hydrogen) atoms. The molecule has 2 heterocycles. The number of halogens is 2. The lowest BCUT2D eigenvalue weighted by Gasteiger charge is -2.36. The Hall–Kier alpha value is -4.66. The summed E-state index contributed by atoms with van der Waals surface area (Å²) in [7, 11) is -4.18. The van der Waals surface area contributed by atoms with Crippen LogP contribution in [-0.2, 0) is 35.6 Å². The molecule has 7 rings (SSSR count). The summed E-state index contributed by atoms with van der Waals surface area (Å²) in [4.78, 5) is 76.4. The highest BCUT2D eigenvalue weighted by atomic mass is 32.2. The normalized spacial score (nSPS) is 29.3. The quantitative estimate of drug-likeness (QED) is 0.185. The van der Waals surface area contributed by atoms with E-state index in [1.54, 1.807) is 45.9 Å². The van der Waals surface area contributed by atoms with Crippen molar-refractivity contribution in [2.45, 2.75) is 140 Å². The number of likely N-dealkylation sites (tertiary alicyclic amines) is 1. The van der Waals surface area contributed by atoms with Crippen molar-refractivity contribution in [1.29, 1.82) is 5.26 Å². The van der Waals surface area contributed by atoms with E-state index < -0.39 is 86.3 Å². The van der Waals surface area contributed by atoms with Gasteiger partial charge in [-0.3, -0.25) is 23.9 Å². The number of ether oxygens (including phenoxy) is 1. The maximum atomic E-state index is 14.3. The number of sulfonamides is 1. The third-order valence-electron chi connectivity index (χ3n) is 13.7. The second-order valence-corrected chi connectivity index (χ2v) is 21.3. The Balaban J connectivity index is 0.946. The number of carbonyl (C=O) groups excluding carboxylic acids is 4. The van der Waals surface area contributed by atoms with Crippen molar-refractivity contribution in [2.75, 3.05) is 6.54 Å². The number of alkyl halides is 2. The highest BCUT2D eigenvalue weighted by molar-refractivity contribution is 7.91. The molecule has 2 aromatic rings. The Morgan fingerprint density at radius 2 is 1.87 bits per heavy atom. The Morgan fingerprint density at radius 1 is 1.13 bits per heavy atom. The molecule has 1 aliphatic heterocycles. The highest BCUT2D eigenvalue weighted by Crippen LogP contribution is 2.58. The van der Waals surface area contributed by atoms with Gasteiger partial charge in [0.15, 0.2) is 0 Å². The van der Waals surface area contributed by atoms with E-state index in [2.05, 4.69) is 26.7 Å². The van der Waals surface area contributed by atoms with Gasteiger partial charge in [0.05, 0.1) is 33.3 Å². The fourth-order valence-electron chi connectivity index (χ4n) is 9.39. The van der Waals surface area contributed by atoms with Gasteiger partial charge >= 0.3 is 6.09 Å². The predicted octanol–water partition coefficient (Wildman–Crippen LogP) is 4.44. The third-order valence-corrected chi connectivity index (χ3v) is 15.8. The minimum absolute atomic E-state index is 0.133. The maximum Gasteiger partial charge on any atom is 0.408 e. The van der Waals surface area contributed by atoms with E-state index in [1.807, 2.05) is 4.72 Å². The number of nitrogens with one attached hydrogen (secondary N) is 4. The first kappa shape index (κ1) is 43.4. The number of aromatic amines is 1. The van der Waals surface area contributed by atoms with Crippen LogP contribution in [0.3, 0.4) is 0 Å². The minimum atomic E-state index is -4.18. The van der Waals surface area contributed by atoms with E-state index in [0.717, 1.165) is 38.5 Å². The fourth-order valence-corrected chi connectivity index (χ4v) is 10.7. The number of fused-ring (bicyclic) bond motifs is 2. The van der Waals surface area contributed by atoms with Gasteiger partial charge in [-0.05, 0) is 112 Å². The lowest BCUT2D eigenvalue weighted by Crippen LogP contribution is -2.61. The van der Waals surface area contributed by atoms with E-state index in [-0.39, 0.29) is 24.1 Å². The lowest BCUT2D eigenvalue weighted by atomic mass is 9.85. The number of H-pyrrole nitrogens is 1. The molecule has 9 unspecified atom stereocenters. The molecule has 4 saturated carbocycles. The predicted molar refractivity (Wildman–Crippen MR) is 215 cm³/mol. The summed E-state index contributed by atoms with van der Waals surface area (Å²) >= 11 is 0. The Labute approximate surface area is 348 Å². The summed E-state index contributed by atoms with van der Waals surface area (Å²) < 4.78 is 60.5. The molecule has 15 nitrogen and oxygen atoms in total. The maximum absolute atomic E-state index is 14.3. The Kier molecular flexibility index (Phi) is 11.6. The summed E-state index contributed by atoms with van der Waals surface area (Å²) in [5.74, 6) is -3.59. The van der Waals surface area contributed by atoms with Crippen molar-refractivity contribution >= 4 is 44.9 Å². The van der Waals surface area contributed by atoms with Crippen molar-refractivity contribution < 1.29 is 41.1 Å². The Morgan fingerprint density at radius 3 is 2.52 bits per heavy atom. The van der Waals surface area contributed by atoms with Gasteiger partial charge in [0.2, 0.25) is 28.3 Å². The fraction of sp³-hybridized carbons (Fsp3) is 0.690. The van der Waals surface area contributed by atoms with Crippen LogP contribution >= 0.6 is 0 Å². The molecule has 18 heteroatoms. The number of aromatic nitrogens is 2. The molecule has 1 aromatic heterocycles. The molecule has 0 spiro atoms. The van der Waals surface area contributed by atoms with E-state index in [9.17, 15) is 41.2 Å². The molecule has 1 aromatic carbocycles. The van der Waals surface area contributed by atoms with Crippen LogP contribution in [0.5, 0.6) is 0 Å². The zero-order chi connectivity index (χ0) is 43.5. The summed E-state index contributed by atoms with van der Waals surface area (Å²) in [6.07, 6.45) is 2.05. The van der Waals surface area contributed by atoms with Crippen molar-refractivity contribution in [3.63, 3.8) is 0 Å².